The molecule has 0 radical (unpaired) electrons. The predicted molar refractivity (Wildman–Crippen MR) is 72.4 cm³/mol. The molecule has 1 aromatic carbocycles. The van der Waals surface area contributed by atoms with Gasteiger partial charge in [-0.3, -0.25) is 9.59 Å². The normalized spacial score (nSPS) is 11.4. The minimum atomic E-state index is -4.33. The molecule has 0 spiro atoms. The summed E-state index contributed by atoms with van der Waals surface area (Å²) in [6.07, 6.45) is 2.60. The number of esters is 1. The van der Waals surface area contributed by atoms with Crippen LogP contribution in [0.4, 0.5) is 13.2 Å². The van der Waals surface area contributed by atoms with Crippen molar-refractivity contribution in [3.8, 4) is 0 Å². The third-order valence-corrected chi connectivity index (χ3v) is 2.91. The molecule has 0 heterocycles. The van der Waals surface area contributed by atoms with Gasteiger partial charge in [0.05, 0.1) is 7.11 Å². The maximum atomic E-state index is 12.1. The van der Waals surface area contributed by atoms with Crippen LogP contribution >= 0.6 is 11.8 Å². The fourth-order valence-corrected chi connectivity index (χ4v) is 1.78. The summed E-state index contributed by atoms with van der Waals surface area (Å²) in [7, 11) is 1.20. The van der Waals surface area contributed by atoms with Crippen LogP contribution < -0.4 is 5.32 Å². The smallest absolute Gasteiger partial charge is 0.446 e. The molecule has 1 amide bonds. The second-order valence-electron chi connectivity index (χ2n) is 3.74. The lowest BCUT2D eigenvalue weighted by atomic mass is 10.2. The number of carbonyl (C=O) groups is 2. The van der Waals surface area contributed by atoms with Crippen LogP contribution in [0.3, 0.4) is 0 Å². The van der Waals surface area contributed by atoms with Crippen molar-refractivity contribution in [2.24, 2.45) is 0 Å². The van der Waals surface area contributed by atoms with Gasteiger partial charge in [0, 0.05) is 11.0 Å². The molecule has 0 aromatic heterocycles. The lowest BCUT2D eigenvalue weighted by Crippen LogP contribution is -2.28. The van der Waals surface area contributed by atoms with Gasteiger partial charge in [-0.2, -0.15) is 13.2 Å². The molecular weight excluding hydrogens is 307 g/mol. The summed E-state index contributed by atoms with van der Waals surface area (Å²) in [6.45, 7) is -0.249. The number of rotatable bonds is 5. The van der Waals surface area contributed by atoms with Crippen LogP contribution in [0.25, 0.3) is 6.08 Å². The fourth-order valence-electron chi connectivity index (χ4n) is 1.24. The number of nitrogens with one attached hydrogen (secondary N) is 1. The number of benzene rings is 1. The Morgan fingerprint density at radius 1 is 1.29 bits per heavy atom. The van der Waals surface area contributed by atoms with Crippen LogP contribution in [-0.2, 0) is 14.3 Å². The molecule has 8 heteroatoms. The Hall–Kier alpha value is -1.96. The third kappa shape index (κ3) is 7.40. The highest BCUT2D eigenvalue weighted by Crippen LogP contribution is 2.36. The van der Waals surface area contributed by atoms with Gasteiger partial charge in [-0.1, -0.05) is 12.1 Å². The van der Waals surface area contributed by atoms with Crippen molar-refractivity contribution in [1.82, 2.24) is 5.32 Å². The number of hydrogen-bond donors (Lipinski definition) is 1. The molecule has 1 rings (SSSR count). The highest BCUT2D eigenvalue weighted by molar-refractivity contribution is 8.00. The Bertz CT molecular complexity index is 526. The van der Waals surface area contributed by atoms with Gasteiger partial charge in [-0.15, -0.1) is 0 Å². The molecule has 0 atom stereocenters. The summed E-state index contributed by atoms with van der Waals surface area (Å²) < 4.78 is 40.7. The van der Waals surface area contributed by atoms with Gasteiger partial charge in [0.25, 0.3) is 0 Å². The van der Waals surface area contributed by atoms with Crippen molar-refractivity contribution in [3.63, 3.8) is 0 Å². The standard InChI is InChI=1S/C13H12F3NO3S/c1-20-12(19)8-17-11(18)7-4-9-2-5-10(6-3-9)21-13(14,15)16/h2-7H,8H2,1H3,(H,17,18)/b7-4+. The first kappa shape index (κ1) is 17.1. The van der Waals surface area contributed by atoms with E-state index in [-0.39, 0.29) is 23.2 Å². The van der Waals surface area contributed by atoms with E-state index in [2.05, 4.69) is 10.1 Å². The molecule has 4 nitrogen and oxygen atoms in total. The highest BCUT2D eigenvalue weighted by atomic mass is 32.2. The van der Waals surface area contributed by atoms with E-state index >= 15 is 0 Å². The minimum absolute atomic E-state index is 0.0646. The number of thioether (sulfide) groups is 1. The third-order valence-electron chi connectivity index (χ3n) is 2.18. The first-order valence-corrected chi connectivity index (χ1v) is 6.50. The van der Waals surface area contributed by atoms with Gasteiger partial charge in [0.1, 0.15) is 6.54 Å². The van der Waals surface area contributed by atoms with Gasteiger partial charge in [0.2, 0.25) is 5.91 Å². The fraction of sp³-hybridized carbons (Fsp3) is 0.231. The lowest BCUT2D eigenvalue weighted by Gasteiger charge is -2.05. The predicted octanol–water partition coefficient (Wildman–Crippen LogP) is 2.60. The summed E-state index contributed by atoms with van der Waals surface area (Å²) >= 11 is -0.207. The van der Waals surface area contributed by atoms with E-state index in [1.807, 2.05) is 0 Å². The van der Waals surface area contributed by atoms with Gasteiger partial charge >= 0.3 is 11.5 Å². The second kappa shape index (κ2) is 7.72. The molecule has 1 N–H and O–H groups in total. The van der Waals surface area contributed by atoms with E-state index < -0.39 is 17.4 Å². The van der Waals surface area contributed by atoms with Crippen molar-refractivity contribution in [2.75, 3.05) is 13.7 Å². The largest absolute Gasteiger partial charge is 0.468 e. The average Bonchev–Trinajstić information content (AvgIpc) is 2.42. The van der Waals surface area contributed by atoms with Crippen LogP contribution in [0, 0.1) is 0 Å². The Balaban J connectivity index is 2.53. The number of alkyl halides is 3. The van der Waals surface area contributed by atoms with Crippen molar-refractivity contribution in [3.05, 3.63) is 35.9 Å². The summed E-state index contributed by atoms with van der Waals surface area (Å²) in [5, 5.41) is 2.29. The Morgan fingerprint density at radius 3 is 2.43 bits per heavy atom. The van der Waals surface area contributed by atoms with Crippen LogP contribution in [0.1, 0.15) is 5.56 Å². The molecule has 0 aliphatic carbocycles. The van der Waals surface area contributed by atoms with Crippen LogP contribution in [0.5, 0.6) is 0 Å². The zero-order chi connectivity index (χ0) is 15.9. The van der Waals surface area contributed by atoms with Crippen molar-refractivity contribution in [1.29, 1.82) is 0 Å². The number of carbonyl (C=O) groups excluding carboxylic acids is 2. The molecule has 21 heavy (non-hydrogen) atoms. The number of halogens is 3. The molecule has 0 aliphatic heterocycles. The van der Waals surface area contributed by atoms with Crippen LogP contribution in [-0.4, -0.2) is 31.0 Å². The van der Waals surface area contributed by atoms with E-state index in [4.69, 9.17) is 0 Å². The lowest BCUT2D eigenvalue weighted by molar-refractivity contribution is -0.140. The molecule has 0 saturated carbocycles. The molecule has 114 valence electrons. The van der Waals surface area contributed by atoms with E-state index in [0.717, 1.165) is 0 Å². The zero-order valence-corrected chi connectivity index (χ0v) is 11.8. The van der Waals surface area contributed by atoms with Gasteiger partial charge in [-0.05, 0) is 35.5 Å². The van der Waals surface area contributed by atoms with E-state index in [0.29, 0.717) is 5.56 Å². The zero-order valence-electron chi connectivity index (χ0n) is 10.9. The van der Waals surface area contributed by atoms with Crippen molar-refractivity contribution >= 4 is 29.7 Å². The topological polar surface area (TPSA) is 55.4 Å². The summed E-state index contributed by atoms with van der Waals surface area (Å²) in [4.78, 5) is 22.2. The van der Waals surface area contributed by atoms with Crippen molar-refractivity contribution < 1.29 is 27.5 Å². The first-order valence-electron chi connectivity index (χ1n) is 5.68. The Labute approximate surface area is 123 Å². The molecule has 1 aromatic rings. The summed E-state index contributed by atoms with van der Waals surface area (Å²) in [5.41, 5.74) is -3.76. The minimum Gasteiger partial charge on any atom is -0.468 e. The summed E-state index contributed by atoms with van der Waals surface area (Å²) in [6, 6.07) is 5.53. The van der Waals surface area contributed by atoms with E-state index in [1.165, 1.54) is 43.5 Å². The van der Waals surface area contributed by atoms with Gasteiger partial charge in [0.15, 0.2) is 0 Å². The highest BCUT2D eigenvalue weighted by Gasteiger charge is 2.28. The molecule has 0 bridgehead atoms. The average molecular weight is 319 g/mol. The summed E-state index contributed by atoms with van der Waals surface area (Å²) in [5.74, 6) is -1.08. The number of hydrogen-bond acceptors (Lipinski definition) is 4. The maximum absolute atomic E-state index is 12.1. The van der Waals surface area contributed by atoms with Gasteiger partial charge < -0.3 is 10.1 Å². The molecule has 0 saturated heterocycles. The number of methoxy groups -OCH3 is 1. The quantitative estimate of drug-likeness (QED) is 0.515. The Kier molecular flexibility index (Phi) is 6.29. The van der Waals surface area contributed by atoms with E-state index in [9.17, 15) is 22.8 Å². The number of ether oxygens (including phenoxy) is 1. The molecule has 0 fully saturated rings. The molecule has 0 unspecified atom stereocenters. The van der Waals surface area contributed by atoms with Gasteiger partial charge in [-0.25, -0.2) is 0 Å². The molecule has 0 aliphatic rings. The van der Waals surface area contributed by atoms with E-state index in [1.54, 1.807) is 0 Å². The molecular formula is C13H12F3NO3S. The van der Waals surface area contributed by atoms with Crippen molar-refractivity contribution in [2.45, 2.75) is 10.4 Å². The monoisotopic (exact) mass is 319 g/mol. The number of amides is 1. The first-order chi connectivity index (χ1) is 9.80. The van der Waals surface area contributed by atoms with Crippen LogP contribution in [0.2, 0.25) is 0 Å². The van der Waals surface area contributed by atoms with Crippen LogP contribution in [0.15, 0.2) is 35.2 Å². The second-order valence-corrected chi connectivity index (χ2v) is 4.88. The maximum Gasteiger partial charge on any atom is 0.446 e. The SMILES string of the molecule is COC(=O)CNC(=O)/C=C/c1ccc(SC(F)(F)F)cc1. The Morgan fingerprint density at radius 2 is 1.90 bits per heavy atom.